The van der Waals surface area contributed by atoms with Crippen molar-refractivity contribution < 1.29 is 31.3 Å². The van der Waals surface area contributed by atoms with Crippen molar-refractivity contribution in [2.24, 2.45) is 0 Å². The molecule has 1 aromatic heterocycles. The lowest BCUT2D eigenvalue weighted by Crippen LogP contribution is -2.09. The van der Waals surface area contributed by atoms with Gasteiger partial charge in [0.25, 0.3) is 0 Å². The van der Waals surface area contributed by atoms with Crippen molar-refractivity contribution in [3.63, 3.8) is 0 Å². The minimum Gasteiger partial charge on any atom is -0.334 e. The van der Waals surface area contributed by atoms with Crippen molar-refractivity contribution in [1.82, 2.24) is 9.97 Å². The SMILES string of the molecule is O=[N+]([O-])c1c(Nc2ccc(Cl)c(C(F)(F)F)c2)ncnc1Nc1ccc(Cl)c(C(F)(F)F)c1. The highest BCUT2D eigenvalue weighted by molar-refractivity contribution is 6.31. The van der Waals surface area contributed by atoms with Crippen LogP contribution in [0.15, 0.2) is 42.7 Å². The lowest BCUT2D eigenvalue weighted by atomic mass is 10.2. The molecule has 0 aliphatic rings. The normalized spacial score (nSPS) is 11.9. The summed E-state index contributed by atoms with van der Waals surface area (Å²) in [5.74, 6) is -1.03. The highest BCUT2D eigenvalue weighted by Crippen LogP contribution is 2.40. The molecule has 2 N–H and O–H groups in total. The zero-order valence-corrected chi connectivity index (χ0v) is 17.2. The van der Waals surface area contributed by atoms with Gasteiger partial charge in [-0.05, 0) is 36.4 Å². The highest BCUT2D eigenvalue weighted by atomic mass is 35.5. The number of hydrogen-bond donors (Lipinski definition) is 2. The number of nitro groups is 1. The van der Waals surface area contributed by atoms with E-state index < -0.39 is 55.8 Å². The van der Waals surface area contributed by atoms with E-state index in [0.29, 0.717) is 12.1 Å². The van der Waals surface area contributed by atoms with Crippen LogP contribution in [0.1, 0.15) is 11.1 Å². The molecule has 0 saturated heterocycles. The average Bonchev–Trinajstić information content (AvgIpc) is 2.69. The predicted molar refractivity (Wildman–Crippen MR) is 108 cm³/mol. The maximum Gasteiger partial charge on any atom is 0.417 e. The molecular formula is C18H9Cl2F6N5O2. The van der Waals surface area contributed by atoms with Gasteiger partial charge in [0.15, 0.2) is 0 Å². The van der Waals surface area contributed by atoms with Crippen LogP contribution < -0.4 is 10.6 Å². The fourth-order valence-electron chi connectivity index (χ4n) is 2.65. The molecule has 0 fully saturated rings. The lowest BCUT2D eigenvalue weighted by molar-refractivity contribution is -0.383. The van der Waals surface area contributed by atoms with Crippen molar-refractivity contribution in [2.45, 2.75) is 12.4 Å². The molecule has 0 unspecified atom stereocenters. The quantitative estimate of drug-likeness (QED) is 0.213. The first-order valence-corrected chi connectivity index (χ1v) is 9.30. The first-order valence-electron chi connectivity index (χ1n) is 8.54. The molecule has 0 amide bonds. The molecule has 174 valence electrons. The number of alkyl halides is 6. The summed E-state index contributed by atoms with van der Waals surface area (Å²) in [5, 5.41) is 15.2. The molecule has 0 atom stereocenters. The van der Waals surface area contributed by atoms with E-state index in [1.54, 1.807) is 0 Å². The topological polar surface area (TPSA) is 93.0 Å². The van der Waals surface area contributed by atoms with Gasteiger partial charge >= 0.3 is 18.0 Å². The molecule has 0 bridgehead atoms. The Hall–Kier alpha value is -3.32. The predicted octanol–water partition coefficient (Wildman–Crippen LogP) is 7.22. The van der Waals surface area contributed by atoms with Crippen LogP contribution in [-0.4, -0.2) is 14.9 Å². The van der Waals surface area contributed by atoms with Crippen LogP contribution in [0.5, 0.6) is 0 Å². The van der Waals surface area contributed by atoms with E-state index in [1.165, 1.54) is 0 Å². The number of nitrogens with one attached hydrogen (secondary N) is 2. The second kappa shape index (κ2) is 8.90. The maximum absolute atomic E-state index is 13.1. The molecule has 0 aliphatic heterocycles. The Morgan fingerprint density at radius 2 is 1.18 bits per heavy atom. The summed E-state index contributed by atoms with van der Waals surface area (Å²) in [6.45, 7) is 0. The Morgan fingerprint density at radius 3 is 1.52 bits per heavy atom. The summed E-state index contributed by atoms with van der Waals surface area (Å²) in [5.41, 5.74) is -3.67. The second-order valence-corrected chi connectivity index (χ2v) is 7.13. The smallest absolute Gasteiger partial charge is 0.334 e. The number of aromatic nitrogens is 2. The first kappa shape index (κ1) is 24.3. The molecule has 2 aromatic carbocycles. The number of benzene rings is 2. The molecule has 0 radical (unpaired) electrons. The molecule has 3 rings (SSSR count). The molecule has 1 heterocycles. The Morgan fingerprint density at radius 1 is 0.788 bits per heavy atom. The van der Waals surface area contributed by atoms with Gasteiger partial charge in [0.05, 0.1) is 26.1 Å². The average molecular weight is 512 g/mol. The third-order valence-corrected chi connectivity index (χ3v) is 4.73. The number of anilines is 4. The first-order chi connectivity index (χ1) is 15.3. The third-order valence-electron chi connectivity index (χ3n) is 4.07. The van der Waals surface area contributed by atoms with E-state index in [0.717, 1.165) is 30.6 Å². The molecule has 0 saturated carbocycles. The maximum atomic E-state index is 13.1. The van der Waals surface area contributed by atoms with Gasteiger partial charge in [-0.25, -0.2) is 9.97 Å². The number of rotatable bonds is 5. The standard InChI is InChI=1S/C18H9Cl2F6N5O2/c19-12-3-1-8(5-10(12)17(21,22)23)29-15-14(31(32)33)16(28-7-27-15)30-9-2-4-13(20)11(6-9)18(24,25)26/h1-7H,(H2,27,28,29,30). The molecule has 3 aromatic rings. The summed E-state index contributed by atoms with van der Waals surface area (Å²) in [4.78, 5) is 18.0. The lowest BCUT2D eigenvalue weighted by Gasteiger charge is -2.14. The molecular weight excluding hydrogens is 503 g/mol. The zero-order valence-electron chi connectivity index (χ0n) is 15.7. The van der Waals surface area contributed by atoms with Gasteiger partial charge in [-0.1, -0.05) is 23.2 Å². The van der Waals surface area contributed by atoms with Crippen molar-refractivity contribution in [1.29, 1.82) is 0 Å². The second-order valence-electron chi connectivity index (χ2n) is 6.31. The van der Waals surface area contributed by atoms with Crippen molar-refractivity contribution in [2.75, 3.05) is 10.6 Å². The van der Waals surface area contributed by atoms with E-state index in [4.69, 9.17) is 23.2 Å². The van der Waals surface area contributed by atoms with Gasteiger partial charge in [0.2, 0.25) is 11.6 Å². The van der Waals surface area contributed by atoms with E-state index >= 15 is 0 Å². The van der Waals surface area contributed by atoms with Crippen LogP contribution in [0.3, 0.4) is 0 Å². The van der Waals surface area contributed by atoms with Gasteiger partial charge in [-0.15, -0.1) is 0 Å². The van der Waals surface area contributed by atoms with Gasteiger partial charge in [-0.3, -0.25) is 10.1 Å². The number of halogens is 8. The van der Waals surface area contributed by atoms with Gasteiger partial charge in [0.1, 0.15) is 6.33 Å². The van der Waals surface area contributed by atoms with E-state index in [-0.39, 0.29) is 11.4 Å². The molecule has 0 spiro atoms. The van der Waals surface area contributed by atoms with Crippen molar-refractivity contribution in [3.8, 4) is 0 Å². The largest absolute Gasteiger partial charge is 0.417 e. The number of nitrogens with zero attached hydrogens (tertiary/aromatic N) is 3. The van der Waals surface area contributed by atoms with Gasteiger partial charge in [0, 0.05) is 11.4 Å². The van der Waals surface area contributed by atoms with E-state index in [9.17, 15) is 36.5 Å². The summed E-state index contributed by atoms with van der Waals surface area (Å²) in [6, 6.07) is 5.37. The van der Waals surface area contributed by atoms with Crippen LogP contribution in [0, 0.1) is 10.1 Å². The monoisotopic (exact) mass is 511 g/mol. The van der Waals surface area contributed by atoms with Crippen molar-refractivity contribution >= 4 is 51.9 Å². The Labute approximate surface area is 190 Å². The molecule has 0 aliphatic carbocycles. The molecule has 7 nitrogen and oxygen atoms in total. The van der Waals surface area contributed by atoms with Crippen LogP contribution in [-0.2, 0) is 12.4 Å². The van der Waals surface area contributed by atoms with Crippen LogP contribution in [0.2, 0.25) is 10.0 Å². The Kier molecular flexibility index (Phi) is 6.56. The van der Waals surface area contributed by atoms with E-state index in [1.807, 2.05) is 0 Å². The zero-order chi connectivity index (χ0) is 24.6. The Bertz CT molecular complexity index is 1140. The summed E-state index contributed by atoms with van der Waals surface area (Å²) < 4.78 is 78.5. The van der Waals surface area contributed by atoms with Crippen LogP contribution in [0.4, 0.5) is 55.0 Å². The fourth-order valence-corrected chi connectivity index (χ4v) is 3.10. The molecule has 15 heteroatoms. The third kappa shape index (κ3) is 5.54. The minimum atomic E-state index is -4.79. The summed E-state index contributed by atoms with van der Waals surface area (Å²) in [7, 11) is 0. The van der Waals surface area contributed by atoms with Crippen LogP contribution in [0.25, 0.3) is 0 Å². The number of hydrogen-bond acceptors (Lipinski definition) is 6. The van der Waals surface area contributed by atoms with Crippen LogP contribution >= 0.6 is 23.2 Å². The van der Waals surface area contributed by atoms with Gasteiger partial charge < -0.3 is 10.6 Å². The van der Waals surface area contributed by atoms with Gasteiger partial charge in [-0.2, -0.15) is 26.3 Å². The highest BCUT2D eigenvalue weighted by Gasteiger charge is 2.35. The summed E-state index contributed by atoms with van der Waals surface area (Å²) in [6.07, 6.45) is -8.74. The van der Waals surface area contributed by atoms with E-state index in [2.05, 4.69) is 20.6 Å². The van der Waals surface area contributed by atoms with Crippen molar-refractivity contribution in [3.05, 3.63) is 74.0 Å². The minimum absolute atomic E-state index is 0.231. The summed E-state index contributed by atoms with van der Waals surface area (Å²) >= 11 is 11.1. The molecule has 33 heavy (non-hydrogen) atoms. The fraction of sp³-hybridized carbons (Fsp3) is 0.111. The Balaban J connectivity index is 2.01.